The molecule has 0 heterocycles. The van der Waals surface area contributed by atoms with Gasteiger partial charge in [-0.25, -0.2) is 9.59 Å². The Morgan fingerprint density at radius 1 is 0.611 bits per heavy atom. The summed E-state index contributed by atoms with van der Waals surface area (Å²) in [7, 11) is 0. The van der Waals surface area contributed by atoms with Crippen LogP contribution in [-0.2, 0) is 0 Å². The predicted octanol–water partition coefficient (Wildman–Crippen LogP) is 6.16. The van der Waals surface area contributed by atoms with Gasteiger partial charge in [-0.15, -0.1) is 0 Å². The zero-order chi connectivity index (χ0) is 25.3. The van der Waals surface area contributed by atoms with Crippen LogP contribution in [0.3, 0.4) is 0 Å². The maximum Gasteiger partial charge on any atom is 0.343 e. The summed E-state index contributed by atoms with van der Waals surface area (Å²) in [5.74, 6) is 1.07. The highest BCUT2D eigenvalue weighted by Crippen LogP contribution is 2.23. The third-order valence-corrected chi connectivity index (χ3v) is 5.13. The molecule has 0 bridgehead atoms. The minimum Gasteiger partial charge on any atom is -0.494 e. The molecule has 0 aliphatic carbocycles. The summed E-state index contributed by atoms with van der Waals surface area (Å²) in [4.78, 5) is 24.9. The lowest BCUT2D eigenvalue weighted by atomic mass is 10.0. The number of esters is 2. The Morgan fingerprint density at radius 3 is 1.39 bits per heavy atom. The quantitative estimate of drug-likeness (QED) is 0.172. The molecule has 0 radical (unpaired) electrons. The molecular formula is C30H22O6. The van der Waals surface area contributed by atoms with E-state index in [1.807, 2.05) is 31.2 Å². The van der Waals surface area contributed by atoms with Gasteiger partial charge in [-0.2, -0.15) is 0 Å². The molecule has 0 N–H and O–H groups in total. The second-order valence-electron chi connectivity index (χ2n) is 7.53. The number of carbonyl (C=O) groups excluding carboxylic acids is 2. The van der Waals surface area contributed by atoms with Gasteiger partial charge in [0.15, 0.2) is 0 Å². The van der Waals surface area contributed by atoms with E-state index in [9.17, 15) is 9.59 Å². The van der Waals surface area contributed by atoms with Crippen molar-refractivity contribution < 1.29 is 28.5 Å². The van der Waals surface area contributed by atoms with Crippen LogP contribution in [-0.4, -0.2) is 18.5 Å². The molecule has 0 atom stereocenters. The molecular weight excluding hydrogens is 456 g/mol. The first-order valence-corrected chi connectivity index (χ1v) is 11.2. The highest BCUT2D eigenvalue weighted by molar-refractivity contribution is 5.93. The van der Waals surface area contributed by atoms with Crippen LogP contribution in [0, 0.1) is 12.5 Å². The highest BCUT2D eigenvalue weighted by atomic mass is 16.5. The molecule has 0 unspecified atom stereocenters. The van der Waals surface area contributed by atoms with Gasteiger partial charge in [-0.05, 0) is 90.8 Å². The summed E-state index contributed by atoms with van der Waals surface area (Å²) in [6.45, 7) is 2.47. The van der Waals surface area contributed by atoms with Crippen molar-refractivity contribution in [2.45, 2.75) is 6.92 Å². The minimum absolute atomic E-state index is 0.376. The van der Waals surface area contributed by atoms with Crippen LogP contribution in [0.1, 0.15) is 27.6 Å². The first kappa shape index (κ1) is 24.1. The number of hydrogen-bond donors (Lipinski definition) is 0. The standard InChI is InChI=1S/C30H22O6/c1-3-33-25-13-17-27(18-14-25)35-29(31)23-9-5-21(6-10-23)22-7-11-24(12-8-22)30(32)36-28-19-15-26(16-20-28)34-4-2/h1,5-20H,4H2,2H3. The van der Waals surface area contributed by atoms with Gasteiger partial charge < -0.3 is 18.9 Å². The van der Waals surface area contributed by atoms with Gasteiger partial charge in [0.25, 0.3) is 0 Å². The molecule has 0 saturated heterocycles. The van der Waals surface area contributed by atoms with Crippen molar-refractivity contribution in [1.82, 2.24) is 0 Å². The first-order chi connectivity index (χ1) is 17.6. The number of carbonyl (C=O) groups is 2. The van der Waals surface area contributed by atoms with Gasteiger partial charge in [0.05, 0.1) is 17.7 Å². The zero-order valence-electron chi connectivity index (χ0n) is 19.5. The minimum atomic E-state index is -0.487. The molecule has 0 aliphatic heterocycles. The molecule has 6 nitrogen and oxygen atoms in total. The van der Waals surface area contributed by atoms with Crippen LogP contribution in [0.25, 0.3) is 11.1 Å². The Labute approximate surface area is 209 Å². The summed E-state index contributed by atoms with van der Waals surface area (Å²) in [5, 5.41) is 0. The average Bonchev–Trinajstić information content (AvgIpc) is 2.91. The molecule has 4 aromatic rings. The van der Waals surface area contributed by atoms with E-state index < -0.39 is 11.9 Å². The van der Waals surface area contributed by atoms with Crippen molar-refractivity contribution in [3.05, 3.63) is 108 Å². The van der Waals surface area contributed by atoms with E-state index in [1.54, 1.807) is 72.8 Å². The van der Waals surface area contributed by atoms with E-state index in [4.69, 9.17) is 25.4 Å². The lowest BCUT2D eigenvalue weighted by molar-refractivity contribution is 0.0725. The van der Waals surface area contributed by atoms with E-state index in [2.05, 4.69) is 6.11 Å². The normalized spacial score (nSPS) is 10.1. The summed E-state index contributed by atoms with van der Waals surface area (Å²) < 4.78 is 21.1. The van der Waals surface area contributed by atoms with Crippen LogP contribution < -0.4 is 18.9 Å². The average molecular weight is 479 g/mol. The number of rotatable bonds is 8. The predicted molar refractivity (Wildman–Crippen MR) is 135 cm³/mol. The van der Waals surface area contributed by atoms with Gasteiger partial charge in [-0.1, -0.05) is 30.7 Å². The zero-order valence-corrected chi connectivity index (χ0v) is 19.5. The molecule has 4 rings (SSSR count). The number of ether oxygens (including phenoxy) is 4. The molecule has 36 heavy (non-hydrogen) atoms. The van der Waals surface area contributed by atoms with Crippen molar-refractivity contribution in [3.63, 3.8) is 0 Å². The largest absolute Gasteiger partial charge is 0.494 e. The van der Waals surface area contributed by atoms with Crippen LogP contribution in [0.5, 0.6) is 23.0 Å². The maximum atomic E-state index is 12.5. The summed E-state index contributed by atoms with van der Waals surface area (Å²) >= 11 is 0. The van der Waals surface area contributed by atoms with Crippen molar-refractivity contribution in [3.8, 4) is 46.7 Å². The Morgan fingerprint density at radius 2 is 1.00 bits per heavy atom. The molecule has 0 amide bonds. The lowest BCUT2D eigenvalue weighted by Crippen LogP contribution is -2.08. The molecule has 0 aromatic heterocycles. The van der Waals surface area contributed by atoms with E-state index in [0.717, 1.165) is 11.1 Å². The monoisotopic (exact) mass is 478 g/mol. The second kappa shape index (κ2) is 11.4. The number of benzene rings is 4. The fourth-order valence-corrected chi connectivity index (χ4v) is 3.34. The molecule has 178 valence electrons. The Kier molecular flexibility index (Phi) is 7.64. The SMILES string of the molecule is C#COc1ccc(OC(=O)c2ccc(-c3ccc(C(=O)Oc4ccc(OCC)cc4)cc3)cc2)cc1. The van der Waals surface area contributed by atoms with Crippen LogP contribution in [0.15, 0.2) is 97.1 Å². The Balaban J connectivity index is 1.36. The van der Waals surface area contributed by atoms with Gasteiger partial charge in [0.2, 0.25) is 0 Å². The van der Waals surface area contributed by atoms with Crippen molar-refractivity contribution >= 4 is 11.9 Å². The fourth-order valence-electron chi connectivity index (χ4n) is 3.34. The summed E-state index contributed by atoms with van der Waals surface area (Å²) in [6, 6.07) is 27.3. The molecule has 0 fully saturated rings. The van der Waals surface area contributed by atoms with Crippen molar-refractivity contribution in [1.29, 1.82) is 0 Å². The third-order valence-electron chi connectivity index (χ3n) is 5.13. The third kappa shape index (κ3) is 6.10. The lowest BCUT2D eigenvalue weighted by Gasteiger charge is -2.08. The molecule has 4 aromatic carbocycles. The van der Waals surface area contributed by atoms with Crippen LogP contribution in [0.2, 0.25) is 0 Å². The number of terminal acetylenes is 1. The van der Waals surface area contributed by atoms with Gasteiger partial charge in [-0.3, -0.25) is 0 Å². The topological polar surface area (TPSA) is 71.1 Å². The Hall–Kier alpha value is -5.02. The maximum absolute atomic E-state index is 12.5. The van der Waals surface area contributed by atoms with E-state index in [-0.39, 0.29) is 0 Å². The van der Waals surface area contributed by atoms with Gasteiger partial charge in [0, 0.05) is 0 Å². The first-order valence-electron chi connectivity index (χ1n) is 11.2. The second-order valence-corrected chi connectivity index (χ2v) is 7.53. The van der Waals surface area contributed by atoms with Crippen molar-refractivity contribution in [2.24, 2.45) is 0 Å². The smallest absolute Gasteiger partial charge is 0.343 e. The van der Waals surface area contributed by atoms with Crippen LogP contribution >= 0.6 is 0 Å². The summed E-state index contributed by atoms with van der Waals surface area (Å²) in [5.41, 5.74) is 2.59. The van der Waals surface area contributed by atoms with Crippen molar-refractivity contribution in [2.75, 3.05) is 6.61 Å². The highest BCUT2D eigenvalue weighted by Gasteiger charge is 2.11. The number of hydrogen-bond acceptors (Lipinski definition) is 6. The molecule has 0 spiro atoms. The molecule has 0 saturated carbocycles. The Bertz CT molecular complexity index is 1360. The van der Waals surface area contributed by atoms with E-state index in [1.165, 1.54) is 0 Å². The van der Waals surface area contributed by atoms with E-state index >= 15 is 0 Å². The summed E-state index contributed by atoms with van der Waals surface area (Å²) in [6.07, 6.45) is 7.17. The van der Waals surface area contributed by atoms with E-state index in [0.29, 0.717) is 40.7 Å². The fraction of sp³-hybridized carbons (Fsp3) is 0.0667. The van der Waals surface area contributed by atoms with Crippen LogP contribution in [0.4, 0.5) is 0 Å². The molecule has 0 aliphatic rings. The van der Waals surface area contributed by atoms with Gasteiger partial charge in [0.1, 0.15) is 29.1 Å². The molecule has 6 heteroatoms. The van der Waals surface area contributed by atoms with Gasteiger partial charge >= 0.3 is 11.9 Å².